The minimum absolute atomic E-state index is 0.0394. The Balaban J connectivity index is 1.72. The molecule has 1 aliphatic carbocycles. The molecule has 0 bridgehead atoms. The Morgan fingerprint density at radius 3 is 2.39 bits per heavy atom. The zero-order valence-corrected chi connectivity index (χ0v) is 17.8. The number of rotatable bonds is 11. The van der Waals surface area contributed by atoms with Crippen LogP contribution in [0.2, 0.25) is 0 Å². The molecular weight excluding hydrogens is 379 g/mol. The van der Waals surface area contributed by atoms with Gasteiger partial charge in [-0.25, -0.2) is 12.8 Å². The smallest absolute Gasteiger partial charge is 0.243 e. The van der Waals surface area contributed by atoms with Crippen molar-refractivity contribution < 1.29 is 17.5 Å². The summed E-state index contributed by atoms with van der Waals surface area (Å²) >= 11 is 0. The molecule has 28 heavy (non-hydrogen) atoms. The van der Waals surface area contributed by atoms with Crippen LogP contribution in [0.1, 0.15) is 38.5 Å². The lowest BCUT2D eigenvalue weighted by atomic mass is 9.93. The van der Waals surface area contributed by atoms with Crippen LogP contribution in [0.25, 0.3) is 0 Å². The Labute approximate surface area is 169 Å². The highest BCUT2D eigenvalue weighted by Gasteiger charge is 2.31. The molecule has 2 rings (SSSR count). The first-order chi connectivity index (χ1) is 13.3. The minimum Gasteiger partial charge on any atom is -0.378 e. The summed E-state index contributed by atoms with van der Waals surface area (Å²) in [4.78, 5) is 2.37. The first kappa shape index (κ1) is 23.0. The summed E-state index contributed by atoms with van der Waals surface area (Å²) < 4.78 is 46.0. The van der Waals surface area contributed by atoms with Gasteiger partial charge in [-0.3, -0.25) is 0 Å². The molecule has 7 heteroatoms. The van der Waals surface area contributed by atoms with Crippen LogP contribution in [0.15, 0.2) is 41.8 Å². The molecule has 158 valence electrons. The van der Waals surface area contributed by atoms with Crippen LogP contribution in [0.4, 0.5) is 4.39 Å². The van der Waals surface area contributed by atoms with E-state index < -0.39 is 15.8 Å². The van der Waals surface area contributed by atoms with Gasteiger partial charge in [0, 0.05) is 26.2 Å². The molecule has 1 fully saturated rings. The quantitative estimate of drug-likeness (QED) is 0.411. The summed E-state index contributed by atoms with van der Waals surface area (Å²) in [5, 5.41) is 0. The Hall–Kier alpha value is -1.28. The summed E-state index contributed by atoms with van der Waals surface area (Å²) in [5.74, 6) is -0.438. The highest BCUT2D eigenvalue weighted by Crippen LogP contribution is 2.28. The first-order valence-corrected chi connectivity index (χ1v) is 11.4. The lowest BCUT2D eigenvalue weighted by Gasteiger charge is -2.34. The predicted molar refractivity (Wildman–Crippen MR) is 110 cm³/mol. The lowest BCUT2D eigenvalue weighted by molar-refractivity contribution is 0.0153. The van der Waals surface area contributed by atoms with E-state index in [9.17, 15) is 12.8 Å². The van der Waals surface area contributed by atoms with Gasteiger partial charge in [0.1, 0.15) is 5.82 Å². The Morgan fingerprint density at radius 2 is 1.79 bits per heavy atom. The van der Waals surface area contributed by atoms with Gasteiger partial charge < -0.3 is 9.64 Å². The first-order valence-electron chi connectivity index (χ1n) is 9.99. The standard InChI is InChI=1S/C21H33FN2O3S/c1-4-15-23(2)16-5-6-17-27-20-11-9-19(10-12-20)24(3)28(25,26)21-13-7-18(22)8-14-21/h4,7-8,13-14,19-20H,1,5-6,9-12,15-17H2,2-3H3/t19-,20-. The van der Waals surface area contributed by atoms with Crippen molar-refractivity contribution in [2.24, 2.45) is 0 Å². The van der Waals surface area contributed by atoms with Crippen LogP contribution in [0.3, 0.4) is 0 Å². The molecule has 0 heterocycles. The van der Waals surface area contributed by atoms with E-state index in [4.69, 9.17) is 4.74 Å². The Morgan fingerprint density at radius 1 is 1.14 bits per heavy atom. The second-order valence-corrected chi connectivity index (χ2v) is 9.53. The number of benzene rings is 1. The zero-order valence-electron chi connectivity index (χ0n) is 17.0. The number of halogens is 1. The summed E-state index contributed by atoms with van der Waals surface area (Å²) in [6.07, 6.45) is 7.53. The van der Waals surface area contributed by atoms with Gasteiger partial charge in [-0.2, -0.15) is 4.31 Å². The van der Waals surface area contributed by atoms with Gasteiger partial charge in [-0.05, 0) is 76.4 Å². The average Bonchev–Trinajstić information content (AvgIpc) is 2.68. The van der Waals surface area contributed by atoms with E-state index in [0.29, 0.717) is 0 Å². The third-order valence-electron chi connectivity index (χ3n) is 5.38. The maximum atomic E-state index is 13.1. The van der Waals surface area contributed by atoms with Gasteiger partial charge in [0.15, 0.2) is 0 Å². The van der Waals surface area contributed by atoms with Gasteiger partial charge in [-0.1, -0.05) is 6.08 Å². The average molecular weight is 413 g/mol. The fourth-order valence-corrected chi connectivity index (χ4v) is 5.01. The number of ether oxygens (including phenoxy) is 1. The van der Waals surface area contributed by atoms with E-state index >= 15 is 0 Å². The van der Waals surface area contributed by atoms with Crippen molar-refractivity contribution in [3.8, 4) is 0 Å². The third-order valence-corrected chi connectivity index (χ3v) is 7.30. The fourth-order valence-electron chi connectivity index (χ4n) is 3.59. The van der Waals surface area contributed by atoms with Crippen molar-refractivity contribution in [3.05, 3.63) is 42.7 Å². The summed E-state index contributed by atoms with van der Waals surface area (Å²) in [6.45, 7) is 6.43. The molecule has 0 unspecified atom stereocenters. The van der Waals surface area contributed by atoms with Crippen molar-refractivity contribution in [1.82, 2.24) is 9.21 Å². The molecule has 0 radical (unpaired) electrons. The number of sulfonamides is 1. The van der Waals surface area contributed by atoms with Crippen molar-refractivity contribution in [3.63, 3.8) is 0 Å². The normalized spacial score (nSPS) is 20.6. The third kappa shape index (κ3) is 6.65. The maximum absolute atomic E-state index is 13.1. The van der Waals surface area contributed by atoms with Crippen LogP contribution >= 0.6 is 0 Å². The molecule has 0 saturated heterocycles. The van der Waals surface area contributed by atoms with Crippen molar-refractivity contribution in [2.45, 2.75) is 55.6 Å². The number of nitrogens with zero attached hydrogens (tertiary/aromatic N) is 2. The van der Waals surface area contributed by atoms with E-state index in [1.54, 1.807) is 7.05 Å². The van der Waals surface area contributed by atoms with Crippen molar-refractivity contribution >= 4 is 10.0 Å². The second kappa shape index (κ2) is 11.0. The van der Waals surface area contributed by atoms with Crippen LogP contribution < -0.4 is 0 Å². The highest BCUT2D eigenvalue weighted by molar-refractivity contribution is 7.89. The molecule has 1 aliphatic rings. The molecule has 0 N–H and O–H groups in total. The van der Waals surface area contributed by atoms with Crippen molar-refractivity contribution in [2.75, 3.05) is 33.8 Å². The molecule has 1 aromatic carbocycles. The molecule has 5 nitrogen and oxygen atoms in total. The topological polar surface area (TPSA) is 49.9 Å². The van der Waals surface area contributed by atoms with Gasteiger partial charge in [0.05, 0.1) is 11.0 Å². The van der Waals surface area contributed by atoms with Crippen LogP contribution in [-0.4, -0.2) is 63.6 Å². The molecule has 1 aromatic rings. The van der Waals surface area contributed by atoms with Crippen LogP contribution in [-0.2, 0) is 14.8 Å². The monoisotopic (exact) mass is 412 g/mol. The maximum Gasteiger partial charge on any atom is 0.243 e. The molecule has 0 amide bonds. The van der Waals surface area contributed by atoms with E-state index in [1.807, 2.05) is 6.08 Å². The molecular formula is C21H33FN2O3S. The summed E-state index contributed by atoms with van der Waals surface area (Å²) in [6, 6.07) is 4.97. The number of hydrogen-bond acceptors (Lipinski definition) is 4. The molecule has 0 atom stereocenters. The Bertz CT molecular complexity index is 701. The largest absolute Gasteiger partial charge is 0.378 e. The van der Waals surface area contributed by atoms with Gasteiger partial charge >= 0.3 is 0 Å². The lowest BCUT2D eigenvalue weighted by Crippen LogP contribution is -2.40. The second-order valence-electron chi connectivity index (χ2n) is 7.53. The number of hydrogen-bond donors (Lipinski definition) is 0. The van der Waals surface area contributed by atoms with E-state index in [1.165, 1.54) is 28.6 Å². The van der Waals surface area contributed by atoms with Crippen molar-refractivity contribution in [1.29, 1.82) is 0 Å². The van der Waals surface area contributed by atoms with E-state index in [2.05, 4.69) is 18.5 Å². The van der Waals surface area contributed by atoms with E-state index in [-0.39, 0.29) is 17.0 Å². The van der Waals surface area contributed by atoms with E-state index in [0.717, 1.165) is 58.2 Å². The van der Waals surface area contributed by atoms with Gasteiger partial charge in [0.25, 0.3) is 0 Å². The zero-order chi connectivity index (χ0) is 20.6. The van der Waals surface area contributed by atoms with Crippen LogP contribution in [0, 0.1) is 5.82 Å². The SMILES string of the molecule is C=CCN(C)CCCCO[C@H]1CC[C@H](N(C)S(=O)(=O)c2ccc(F)cc2)CC1. The molecule has 0 aliphatic heterocycles. The highest BCUT2D eigenvalue weighted by atomic mass is 32.2. The predicted octanol–water partition coefficient (Wildman–Crippen LogP) is 3.67. The molecule has 0 aromatic heterocycles. The summed E-state index contributed by atoms with van der Waals surface area (Å²) in [7, 11) is 0.103. The molecule has 0 spiro atoms. The number of unbranched alkanes of at least 4 members (excludes halogenated alkanes) is 1. The summed E-state index contributed by atoms with van der Waals surface area (Å²) in [5.41, 5.74) is 0. The van der Waals surface area contributed by atoms with Gasteiger partial charge in [-0.15, -0.1) is 6.58 Å². The Kier molecular flexibility index (Phi) is 9.08. The van der Waals surface area contributed by atoms with Gasteiger partial charge in [0.2, 0.25) is 10.0 Å². The molecule has 1 saturated carbocycles. The number of likely N-dealkylation sites (N-methyl/N-ethyl adjacent to an activating group) is 1. The van der Waals surface area contributed by atoms with Crippen LogP contribution in [0.5, 0.6) is 0 Å². The fraction of sp³-hybridized carbons (Fsp3) is 0.619. The minimum atomic E-state index is -3.60.